The molecule has 6 heteroatoms. The summed E-state index contributed by atoms with van der Waals surface area (Å²) in [6.07, 6.45) is 3.71. The van der Waals surface area contributed by atoms with Gasteiger partial charge in [-0.25, -0.2) is 0 Å². The normalized spacial score (nSPS) is 17.0. The van der Waals surface area contributed by atoms with Crippen LogP contribution in [0.3, 0.4) is 0 Å². The van der Waals surface area contributed by atoms with Gasteiger partial charge in [-0.1, -0.05) is 11.8 Å². The topological polar surface area (TPSA) is 85.5 Å². The molecule has 1 atom stereocenters. The van der Waals surface area contributed by atoms with Crippen LogP contribution < -0.4 is 5.73 Å². The van der Waals surface area contributed by atoms with Crippen molar-refractivity contribution < 1.29 is 14.3 Å². The van der Waals surface area contributed by atoms with Crippen molar-refractivity contribution >= 4 is 11.9 Å². The fraction of sp³-hybridized carbons (Fsp3) is 0.400. The average Bonchev–Trinajstić information content (AvgIpc) is 3.01. The molecule has 1 aliphatic heterocycles. The molecule has 0 spiro atoms. The minimum absolute atomic E-state index is 0.148. The van der Waals surface area contributed by atoms with Gasteiger partial charge in [0, 0.05) is 25.5 Å². The van der Waals surface area contributed by atoms with Crippen molar-refractivity contribution in [1.29, 1.82) is 0 Å². The highest BCUT2D eigenvalue weighted by Gasteiger charge is 2.32. The number of carbonyl (C=O) groups is 2. The second-order valence-electron chi connectivity index (χ2n) is 4.69. The molecule has 2 heterocycles. The second-order valence-corrected chi connectivity index (χ2v) is 4.69. The molecule has 110 valence electrons. The number of aromatic nitrogens is 1. The lowest BCUT2D eigenvalue weighted by atomic mass is 10.1. The molecule has 2 rings (SSSR count). The van der Waals surface area contributed by atoms with Crippen molar-refractivity contribution in [3.8, 4) is 11.8 Å². The monoisotopic (exact) mass is 287 g/mol. The van der Waals surface area contributed by atoms with Gasteiger partial charge in [-0.05, 0) is 12.5 Å². The Morgan fingerprint density at radius 2 is 2.38 bits per heavy atom. The zero-order valence-corrected chi connectivity index (χ0v) is 11.8. The number of nitrogens with zero attached hydrogens (tertiary/aromatic N) is 2. The van der Waals surface area contributed by atoms with E-state index in [0.29, 0.717) is 30.6 Å². The van der Waals surface area contributed by atoms with Gasteiger partial charge in [0.15, 0.2) is 0 Å². The zero-order valence-electron chi connectivity index (χ0n) is 11.8. The molecule has 1 aromatic heterocycles. The molecule has 0 radical (unpaired) electrons. The fourth-order valence-corrected chi connectivity index (χ4v) is 2.30. The molecule has 1 fully saturated rings. The van der Waals surface area contributed by atoms with Gasteiger partial charge in [0.1, 0.15) is 0 Å². The van der Waals surface area contributed by atoms with E-state index in [4.69, 9.17) is 10.5 Å². The van der Waals surface area contributed by atoms with Crippen LogP contribution in [0.5, 0.6) is 0 Å². The molecule has 0 saturated carbocycles. The van der Waals surface area contributed by atoms with E-state index in [1.54, 1.807) is 23.4 Å². The number of ether oxygens (including phenoxy) is 1. The largest absolute Gasteiger partial charge is 0.469 e. The van der Waals surface area contributed by atoms with Crippen LogP contribution in [0.2, 0.25) is 0 Å². The molecule has 0 aliphatic carbocycles. The summed E-state index contributed by atoms with van der Waals surface area (Å²) in [5, 5.41) is 0. The number of carbonyl (C=O) groups excluding carboxylic acids is 2. The number of hydrogen-bond acceptors (Lipinski definition) is 5. The highest BCUT2D eigenvalue weighted by atomic mass is 16.5. The van der Waals surface area contributed by atoms with E-state index in [9.17, 15) is 9.59 Å². The van der Waals surface area contributed by atoms with Crippen LogP contribution in [-0.4, -0.2) is 48.5 Å². The summed E-state index contributed by atoms with van der Waals surface area (Å²) < 4.78 is 4.72. The van der Waals surface area contributed by atoms with Gasteiger partial charge in [0.25, 0.3) is 5.91 Å². The first-order chi connectivity index (χ1) is 10.2. The molecule has 2 N–H and O–H groups in total. The lowest BCUT2D eigenvalue weighted by molar-refractivity contribution is -0.144. The lowest BCUT2D eigenvalue weighted by Gasteiger charge is -2.16. The van der Waals surface area contributed by atoms with Gasteiger partial charge in [-0.3, -0.25) is 14.6 Å². The summed E-state index contributed by atoms with van der Waals surface area (Å²) in [5.74, 6) is 4.89. The quantitative estimate of drug-likeness (QED) is 0.612. The predicted molar refractivity (Wildman–Crippen MR) is 76.2 cm³/mol. The van der Waals surface area contributed by atoms with E-state index >= 15 is 0 Å². The van der Waals surface area contributed by atoms with Crippen LogP contribution in [0.15, 0.2) is 18.5 Å². The maximum atomic E-state index is 12.5. The van der Waals surface area contributed by atoms with E-state index in [1.807, 2.05) is 0 Å². The van der Waals surface area contributed by atoms with E-state index in [1.165, 1.54) is 7.11 Å². The molecule has 6 nitrogen and oxygen atoms in total. The average molecular weight is 287 g/mol. The maximum absolute atomic E-state index is 12.5. The standard InChI is InChI=1S/C15H17N3O3/c1-21-15(20)12-5-8-18(10-12)14(19)13-4-7-17-9-11(13)3-2-6-16/h4,7,9,12H,5-6,8,10,16H2,1H3. The smallest absolute Gasteiger partial charge is 0.310 e. The molecule has 1 saturated heterocycles. The maximum Gasteiger partial charge on any atom is 0.310 e. The molecular formula is C15H17N3O3. The van der Waals surface area contributed by atoms with Crippen LogP contribution in [0.1, 0.15) is 22.3 Å². The molecule has 0 bridgehead atoms. The Bertz CT molecular complexity index is 604. The summed E-state index contributed by atoms with van der Waals surface area (Å²) in [6.45, 7) is 1.12. The van der Waals surface area contributed by atoms with Gasteiger partial charge in [0.2, 0.25) is 0 Å². The first-order valence-electron chi connectivity index (χ1n) is 6.67. The van der Waals surface area contributed by atoms with Crippen LogP contribution in [-0.2, 0) is 9.53 Å². The van der Waals surface area contributed by atoms with Crippen LogP contribution >= 0.6 is 0 Å². The Labute approximate surface area is 123 Å². The second kappa shape index (κ2) is 6.86. The molecule has 1 unspecified atom stereocenters. The van der Waals surface area contributed by atoms with Crippen LogP contribution in [0, 0.1) is 17.8 Å². The molecule has 1 aromatic rings. The predicted octanol–water partition coefficient (Wildman–Crippen LogP) is 0.0269. The van der Waals surface area contributed by atoms with E-state index in [-0.39, 0.29) is 24.3 Å². The minimum atomic E-state index is -0.275. The number of pyridine rings is 1. The van der Waals surface area contributed by atoms with Gasteiger partial charge >= 0.3 is 5.97 Å². The Kier molecular flexibility index (Phi) is 4.90. The number of likely N-dealkylation sites (tertiary alicyclic amines) is 1. The van der Waals surface area contributed by atoms with Gasteiger partial charge in [-0.2, -0.15) is 0 Å². The SMILES string of the molecule is COC(=O)C1CCN(C(=O)c2ccncc2C#CCN)C1. The van der Waals surface area contributed by atoms with Crippen molar-refractivity contribution in [3.05, 3.63) is 29.6 Å². The van der Waals surface area contributed by atoms with E-state index < -0.39 is 0 Å². The number of methoxy groups -OCH3 is 1. The van der Waals surface area contributed by atoms with Crippen LogP contribution in [0.4, 0.5) is 0 Å². The van der Waals surface area contributed by atoms with Crippen molar-refractivity contribution in [2.75, 3.05) is 26.7 Å². The highest BCUT2D eigenvalue weighted by molar-refractivity contribution is 5.97. The Morgan fingerprint density at radius 1 is 1.57 bits per heavy atom. The Hall–Kier alpha value is -2.39. The molecule has 21 heavy (non-hydrogen) atoms. The summed E-state index contributed by atoms with van der Waals surface area (Å²) >= 11 is 0. The molecular weight excluding hydrogens is 270 g/mol. The summed E-state index contributed by atoms with van der Waals surface area (Å²) in [5.41, 5.74) is 6.38. The lowest BCUT2D eigenvalue weighted by Crippen LogP contribution is -2.30. The Morgan fingerprint density at radius 3 is 3.10 bits per heavy atom. The molecule has 1 amide bonds. The van der Waals surface area contributed by atoms with Crippen molar-refractivity contribution in [2.45, 2.75) is 6.42 Å². The third-order valence-electron chi connectivity index (χ3n) is 3.39. The Balaban J connectivity index is 2.16. The summed E-state index contributed by atoms with van der Waals surface area (Å²) in [7, 11) is 1.36. The third kappa shape index (κ3) is 3.38. The highest BCUT2D eigenvalue weighted by Crippen LogP contribution is 2.20. The van der Waals surface area contributed by atoms with Gasteiger partial charge in [-0.15, -0.1) is 0 Å². The number of hydrogen-bond donors (Lipinski definition) is 1. The van der Waals surface area contributed by atoms with Crippen molar-refractivity contribution in [3.63, 3.8) is 0 Å². The number of esters is 1. The van der Waals surface area contributed by atoms with E-state index in [0.717, 1.165) is 0 Å². The summed E-state index contributed by atoms with van der Waals surface area (Å²) in [4.78, 5) is 29.7. The summed E-state index contributed by atoms with van der Waals surface area (Å²) in [6, 6.07) is 1.63. The van der Waals surface area contributed by atoms with Crippen LogP contribution in [0.25, 0.3) is 0 Å². The van der Waals surface area contributed by atoms with Crippen molar-refractivity contribution in [1.82, 2.24) is 9.88 Å². The van der Waals surface area contributed by atoms with Crippen molar-refractivity contribution in [2.24, 2.45) is 11.7 Å². The zero-order chi connectivity index (χ0) is 15.2. The van der Waals surface area contributed by atoms with E-state index in [2.05, 4.69) is 16.8 Å². The minimum Gasteiger partial charge on any atom is -0.469 e. The van der Waals surface area contributed by atoms with Gasteiger partial charge in [0.05, 0.1) is 30.7 Å². The first-order valence-corrected chi connectivity index (χ1v) is 6.67. The molecule has 1 aliphatic rings. The first kappa shape index (κ1) is 15.0. The fourth-order valence-electron chi connectivity index (χ4n) is 2.30. The van der Waals surface area contributed by atoms with Gasteiger partial charge < -0.3 is 15.4 Å². The number of nitrogens with two attached hydrogens (primary N) is 1. The third-order valence-corrected chi connectivity index (χ3v) is 3.39. The molecule has 0 aromatic carbocycles. The number of rotatable bonds is 2. The number of amides is 1.